The summed E-state index contributed by atoms with van der Waals surface area (Å²) in [6, 6.07) is 15.6. The van der Waals surface area contributed by atoms with E-state index in [1.807, 2.05) is 24.3 Å². The van der Waals surface area contributed by atoms with Crippen molar-refractivity contribution in [2.45, 2.75) is 57.3 Å². The van der Waals surface area contributed by atoms with E-state index in [-0.39, 0.29) is 32.4 Å². The van der Waals surface area contributed by atoms with Gasteiger partial charge in [0.15, 0.2) is 0 Å². The number of rotatable bonds is 16. The van der Waals surface area contributed by atoms with E-state index in [9.17, 15) is 24.0 Å². The highest BCUT2D eigenvalue weighted by Gasteiger charge is 2.30. The lowest BCUT2D eigenvalue weighted by atomic mass is 10.0. The zero-order valence-corrected chi connectivity index (χ0v) is 21.2. The second-order valence-electron chi connectivity index (χ2n) is 8.64. The number of alkyl carbamates (subject to hydrolysis) is 1. The lowest BCUT2D eigenvalue weighted by molar-refractivity contribution is -0.140. The Hall–Kier alpha value is -4.25. The Morgan fingerprint density at radius 3 is 2.03 bits per heavy atom. The summed E-state index contributed by atoms with van der Waals surface area (Å²) in [6.07, 6.45) is 0.0380. The summed E-state index contributed by atoms with van der Waals surface area (Å²) in [6.45, 7) is 0.495. The first-order chi connectivity index (χ1) is 18.3. The van der Waals surface area contributed by atoms with Gasteiger partial charge in [0.05, 0.1) is 6.04 Å². The molecule has 2 aromatic rings. The molecule has 0 aliphatic heterocycles. The number of amides is 4. The number of ketones is 1. The van der Waals surface area contributed by atoms with Crippen molar-refractivity contribution in [3.63, 3.8) is 0 Å². The zero-order chi connectivity index (χ0) is 27.8. The van der Waals surface area contributed by atoms with Crippen molar-refractivity contribution in [3.8, 4) is 0 Å². The maximum atomic E-state index is 13.1. The third-order valence-electron chi connectivity index (χ3n) is 5.60. The van der Waals surface area contributed by atoms with E-state index in [0.717, 1.165) is 11.1 Å². The minimum Gasteiger partial charge on any atom is -0.445 e. The van der Waals surface area contributed by atoms with Gasteiger partial charge in [0.2, 0.25) is 17.6 Å². The van der Waals surface area contributed by atoms with Crippen LogP contribution in [0.4, 0.5) is 4.79 Å². The third kappa shape index (κ3) is 11.2. The highest BCUT2D eigenvalue weighted by Crippen LogP contribution is 2.07. The van der Waals surface area contributed by atoms with Crippen LogP contribution < -0.4 is 27.4 Å². The van der Waals surface area contributed by atoms with Crippen LogP contribution in [0.25, 0.3) is 0 Å². The number of primary amides is 1. The molecule has 0 bridgehead atoms. The Morgan fingerprint density at radius 1 is 0.789 bits per heavy atom. The zero-order valence-electron chi connectivity index (χ0n) is 21.2. The van der Waals surface area contributed by atoms with E-state index >= 15 is 0 Å². The number of Topliss-reactive ketones (excluding diaryl/α,β-unsaturated/α-hetero) is 1. The van der Waals surface area contributed by atoms with Gasteiger partial charge >= 0.3 is 6.09 Å². The highest BCUT2D eigenvalue weighted by molar-refractivity contribution is 6.38. The minimum atomic E-state index is -1.22. The van der Waals surface area contributed by atoms with Crippen molar-refractivity contribution in [1.29, 1.82) is 0 Å². The summed E-state index contributed by atoms with van der Waals surface area (Å²) in [5.41, 5.74) is 12.3. The topological polar surface area (TPSA) is 183 Å². The number of nitrogens with two attached hydrogens (primary N) is 2. The maximum absolute atomic E-state index is 13.1. The number of carbonyl (C=O) groups is 5. The Labute approximate surface area is 221 Å². The summed E-state index contributed by atoms with van der Waals surface area (Å²) in [5, 5.41) is 7.52. The average Bonchev–Trinajstić information content (AvgIpc) is 2.92. The van der Waals surface area contributed by atoms with E-state index in [1.165, 1.54) is 0 Å². The number of benzene rings is 2. The van der Waals surface area contributed by atoms with Crippen LogP contribution >= 0.6 is 0 Å². The second-order valence-corrected chi connectivity index (χ2v) is 8.64. The Morgan fingerprint density at radius 2 is 1.42 bits per heavy atom. The van der Waals surface area contributed by atoms with E-state index in [2.05, 4.69) is 16.0 Å². The first-order valence-corrected chi connectivity index (χ1v) is 12.4. The van der Waals surface area contributed by atoms with Gasteiger partial charge in [-0.3, -0.25) is 19.2 Å². The normalized spacial score (nSPS) is 12.0. The molecule has 0 unspecified atom stereocenters. The van der Waals surface area contributed by atoms with Gasteiger partial charge in [-0.25, -0.2) is 4.79 Å². The van der Waals surface area contributed by atoms with Crippen molar-refractivity contribution >= 4 is 29.6 Å². The number of nitrogens with one attached hydrogen (secondary N) is 3. The van der Waals surface area contributed by atoms with Crippen LogP contribution in [-0.2, 0) is 37.1 Å². The van der Waals surface area contributed by atoms with Gasteiger partial charge in [0, 0.05) is 13.0 Å². The van der Waals surface area contributed by atoms with Crippen LogP contribution in [0.1, 0.15) is 43.2 Å². The Bertz CT molecular complexity index is 1060. The number of ether oxygens (including phenoxy) is 1. The van der Waals surface area contributed by atoms with E-state index in [0.29, 0.717) is 19.4 Å². The molecule has 0 spiro atoms. The van der Waals surface area contributed by atoms with Crippen LogP contribution in [0.5, 0.6) is 0 Å². The molecule has 2 aromatic carbocycles. The fourth-order valence-electron chi connectivity index (χ4n) is 3.52. The summed E-state index contributed by atoms with van der Waals surface area (Å²) in [7, 11) is 0. The van der Waals surface area contributed by atoms with Crippen molar-refractivity contribution in [1.82, 2.24) is 16.0 Å². The van der Waals surface area contributed by atoms with Gasteiger partial charge < -0.3 is 32.2 Å². The Balaban J connectivity index is 2.04. The van der Waals surface area contributed by atoms with Crippen molar-refractivity contribution < 1.29 is 28.7 Å². The van der Waals surface area contributed by atoms with Crippen LogP contribution in [0, 0.1) is 0 Å². The highest BCUT2D eigenvalue weighted by atomic mass is 16.5. The third-order valence-corrected chi connectivity index (χ3v) is 5.60. The molecule has 11 heteroatoms. The van der Waals surface area contributed by atoms with Crippen molar-refractivity contribution in [2.24, 2.45) is 11.5 Å². The molecular formula is C27H35N5O6. The maximum Gasteiger partial charge on any atom is 0.408 e. The standard InChI is InChI=1S/C27H35N5O6/c28-16-8-7-13-21(24(34)26(36)30-17-19-9-3-1-4-10-19)31-25(35)22(14-15-23(29)33)32-27(37)38-18-20-11-5-2-6-12-20/h1-6,9-12,21-22H,7-8,13-18,28H2,(H2,29,33)(H,30,36)(H,31,35)(H,32,37)/t21-,22-/m0/s1. The molecule has 0 saturated heterocycles. The van der Waals surface area contributed by atoms with Gasteiger partial charge in [-0.15, -0.1) is 0 Å². The fourth-order valence-corrected chi connectivity index (χ4v) is 3.52. The van der Waals surface area contributed by atoms with Crippen molar-refractivity contribution in [2.75, 3.05) is 6.54 Å². The number of unbranched alkanes of at least 4 members (excludes halogenated alkanes) is 1. The first kappa shape index (κ1) is 30.0. The van der Waals surface area contributed by atoms with Crippen LogP contribution in [0.15, 0.2) is 60.7 Å². The van der Waals surface area contributed by atoms with Crippen molar-refractivity contribution in [3.05, 3.63) is 71.8 Å². The van der Waals surface area contributed by atoms with Gasteiger partial charge in [-0.2, -0.15) is 0 Å². The predicted octanol–water partition coefficient (Wildman–Crippen LogP) is 1.05. The van der Waals surface area contributed by atoms with E-state index in [1.54, 1.807) is 36.4 Å². The first-order valence-electron chi connectivity index (χ1n) is 12.4. The SMILES string of the molecule is NCCCC[C@H](NC(=O)[C@H](CCC(N)=O)NC(=O)OCc1ccccc1)C(=O)C(=O)NCc1ccccc1. The molecule has 0 aliphatic rings. The lowest BCUT2D eigenvalue weighted by Gasteiger charge is -2.22. The molecule has 11 nitrogen and oxygen atoms in total. The summed E-state index contributed by atoms with van der Waals surface area (Å²) in [5.74, 6) is -3.09. The summed E-state index contributed by atoms with van der Waals surface area (Å²) in [4.78, 5) is 62.3. The number of carbonyl (C=O) groups excluding carboxylic acids is 5. The quantitative estimate of drug-likeness (QED) is 0.160. The van der Waals surface area contributed by atoms with Crippen LogP contribution in [0.2, 0.25) is 0 Å². The molecule has 0 heterocycles. The molecule has 0 aliphatic carbocycles. The molecule has 7 N–H and O–H groups in total. The number of hydrogen-bond donors (Lipinski definition) is 5. The monoisotopic (exact) mass is 525 g/mol. The smallest absolute Gasteiger partial charge is 0.408 e. The molecule has 2 atom stereocenters. The van der Waals surface area contributed by atoms with E-state index < -0.39 is 41.7 Å². The molecule has 204 valence electrons. The summed E-state index contributed by atoms with van der Waals surface area (Å²) < 4.78 is 5.17. The predicted molar refractivity (Wildman–Crippen MR) is 140 cm³/mol. The van der Waals surface area contributed by atoms with Crippen LogP contribution in [0.3, 0.4) is 0 Å². The molecule has 2 rings (SSSR count). The van der Waals surface area contributed by atoms with Crippen LogP contribution in [-0.4, -0.2) is 48.2 Å². The summed E-state index contributed by atoms with van der Waals surface area (Å²) >= 11 is 0. The molecule has 0 saturated carbocycles. The molecule has 4 amide bonds. The van der Waals surface area contributed by atoms with Gasteiger partial charge in [0.25, 0.3) is 5.91 Å². The largest absolute Gasteiger partial charge is 0.445 e. The molecule has 38 heavy (non-hydrogen) atoms. The average molecular weight is 526 g/mol. The number of hydrogen-bond acceptors (Lipinski definition) is 7. The second kappa shape index (κ2) is 16.5. The molecule has 0 fully saturated rings. The minimum absolute atomic E-state index is 0.0291. The van der Waals surface area contributed by atoms with Gasteiger partial charge in [-0.1, -0.05) is 60.7 Å². The Kier molecular flexibility index (Phi) is 13.0. The lowest BCUT2D eigenvalue weighted by Crippen LogP contribution is -2.54. The molecule has 0 radical (unpaired) electrons. The van der Waals surface area contributed by atoms with Gasteiger partial charge in [-0.05, 0) is 43.4 Å². The van der Waals surface area contributed by atoms with E-state index in [4.69, 9.17) is 16.2 Å². The fraction of sp³-hybridized carbons (Fsp3) is 0.370. The molecular weight excluding hydrogens is 490 g/mol. The molecule has 0 aromatic heterocycles. The van der Waals surface area contributed by atoms with Gasteiger partial charge in [0.1, 0.15) is 12.6 Å².